The zero-order valence-electron chi connectivity index (χ0n) is 21.3. The van der Waals surface area contributed by atoms with Crippen LogP contribution < -0.4 is 0 Å². The molecule has 3 fully saturated rings. The summed E-state index contributed by atoms with van der Waals surface area (Å²) in [6.45, 7) is 4.01. The lowest BCUT2D eigenvalue weighted by Gasteiger charge is -2.50. The predicted molar refractivity (Wildman–Crippen MR) is 151 cm³/mol. The van der Waals surface area contributed by atoms with Gasteiger partial charge < -0.3 is 4.90 Å². The molecule has 1 saturated carbocycles. The molecule has 1 aliphatic carbocycles. The minimum atomic E-state index is 0.143. The van der Waals surface area contributed by atoms with E-state index in [0.29, 0.717) is 27.4 Å². The summed E-state index contributed by atoms with van der Waals surface area (Å²) in [7, 11) is 0. The standard InChI is InChI=1S/C31H35Cl2N3O/c32-27-8-7-22(20-28(27)33)19-23-10-16-36(21-31(23)13-3-4-14-31)24-11-17-35(18-12-24)30(37)26-9-15-34-29-6-2-1-5-25(26)29/h1-2,5-9,15,20,23-24H,3-4,10-14,16-19,21H2. The second-order valence-electron chi connectivity index (χ2n) is 11.4. The zero-order valence-corrected chi connectivity index (χ0v) is 22.9. The molecule has 0 N–H and O–H groups in total. The number of carbonyl (C=O) groups is 1. The number of hydrogen-bond donors (Lipinski definition) is 0. The van der Waals surface area contributed by atoms with Crippen molar-refractivity contribution in [1.82, 2.24) is 14.8 Å². The van der Waals surface area contributed by atoms with Crippen LogP contribution in [0.3, 0.4) is 0 Å². The Kier molecular flexibility index (Phi) is 7.17. The molecule has 4 nitrogen and oxygen atoms in total. The maximum atomic E-state index is 13.4. The SMILES string of the molecule is O=C(c1ccnc2ccccc12)N1CCC(N2CCC(Cc3ccc(Cl)c(Cl)c3)C3(CCCC3)C2)CC1. The second-order valence-corrected chi connectivity index (χ2v) is 12.2. The van der Waals surface area contributed by atoms with Gasteiger partial charge in [0.25, 0.3) is 5.91 Å². The van der Waals surface area contributed by atoms with E-state index in [4.69, 9.17) is 23.2 Å². The lowest BCUT2D eigenvalue weighted by atomic mass is 9.67. The molecule has 6 rings (SSSR count). The highest BCUT2D eigenvalue weighted by Crippen LogP contribution is 2.50. The van der Waals surface area contributed by atoms with Crippen molar-refractivity contribution in [3.05, 3.63) is 75.9 Å². The van der Waals surface area contributed by atoms with E-state index >= 15 is 0 Å². The van der Waals surface area contributed by atoms with Gasteiger partial charge >= 0.3 is 0 Å². The summed E-state index contributed by atoms with van der Waals surface area (Å²) in [6, 6.07) is 16.5. The number of rotatable bonds is 4. The number of nitrogens with zero attached hydrogens (tertiary/aromatic N) is 3. The van der Waals surface area contributed by atoms with E-state index in [2.05, 4.69) is 26.9 Å². The molecule has 194 valence electrons. The Labute approximate surface area is 229 Å². The van der Waals surface area contributed by atoms with E-state index in [0.717, 1.165) is 55.4 Å². The third-order valence-corrected chi connectivity index (χ3v) is 10.1. The number of benzene rings is 2. The summed E-state index contributed by atoms with van der Waals surface area (Å²) in [5, 5.41) is 2.25. The Morgan fingerprint density at radius 2 is 1.73 bits per heavy atom. The molecule has 0 radical (unpaired) electrons. The Morgan fingerprint density at radius 3 is 2.51 bits per heavy atom. The zero-order chi connectivity index (χ0) is 25.4. The quantitative estimate of drug-likeness (QED) is 0.352. The number of carbonyl (C=O) groups excluding carboxylic acids is 1. The van der Waals surface area contributed by atoms with Crippen LogP contribution in [0.15, 0.2) is 54.7 Å². The highest BCUT2D eigenvalue weighted by Gasteiger charge is 2.46. The van der Waals surface area contributed by atoms with Crippen molar-refractivity contribution in [2.75, 3.05) is 26.2 Å². The van der Waals surface area contributed by atoms with E-state index in [1.807, 2.05) is 36.4 Å². The summed E-state index contributed by atoms with van der Waals surface area (Å²) < 4.78 is 0. The van der Waals surface area contributed by atoms with Crippen molar-refractivity contribution in [3.8, 4) is 0 Å². The molecule has 0 bridgehead atoms. The summed E-state index contributed by atoms with van der Waals surface area (Å²) in [6.07, 6.45) is 11.6. The molecule has 37 heavy (non-hydrogen) atoms. The van der Waals surface area contributed by atoms with Gasteiger partial charge in [-0.05, 0) is 86.2 Å². The predicted octanol–water partition coefficient (Wildman–Crippen LogP) is 7.27. The van der Waals surface area contributed by atoms with Gasteiger partial charge in [-0.25, -0.2) is 0 Å². The van der Waals surface area contributed by atoms with Crippen molar-refractivity contribution in [2.24, 2.45) is 11.3 Å². The molecular weight excluding hydrogens is 501 g/mol. The molecule has 2 aromatic carbocycles. The Hall–Kier alpha value is -2.14. The average molecular weight is 537 g/mol. The fourth-order valence-corrected chi connectivity index (χ4v) is 7.67. The molecule has 6 heteroatoms. The average Bonchev–Trinajstić information content (AvgIpc) is 3.40. The van der Waals surface area contributed by atoms with Crippen LogP contribution in [0, 0.1) is 11.3 Å². The lowest BCUT2D eigenvalue weighted by molar-refractivity contribution is -0.00767. The van der Waals surface area contributed by atoms with Crippen LogP contribution in [0.1, 0.15) is 60.9 Å². The monoisotopic (exact) mass is 535 g/mol. The third kappa shape index (κ3) is 5.01. The summed E-state index contributed by atoms with van der Waals surface area (Å²) >= 11 is 12.5. The minimum absolute atomic E-state index is 0.143. The van der Waals surface area contributed by atoms with Crippen LogP contribution in [0.4, 0.5) is 0 Å². The summed E-state index contributed by atoms with van der Waals surface area (Å²) in [4.78, 5) is 22.7. The fourth-order valence-electron chi connectivity index (χ4n) is 7.35. The van der Waals surface area contributed by atoms with E-state index in [1.165, 1.54) is 44.2 Å². The maximum absolute atomic E-state index is 13.4. The van der Waals surface area contributed by atoms with Gasteiger partial charge in [-0.1, -0.05) is 60.3 Å². The van der Waals surface area contributed by atoms with Gasteiger partial charge in [0.05, 0.1) is 21.1 Å². The normalized spacial score (nSPS) is 22.6. The van der Waals surface area contributed by atoms with Crippen molar-refractivity contribution < 1.29 is 4.79 Å². The smallest absolute Gasteiger partial charge is 0.254 e. The highest BCUT2D eigenvalue weighted by atomic mass is 35.5. The minimum Gasteiger partial charge on any atom is -0.339 e. The largest absolute Gasteiger partial charge is 0.339 e. The van der Waals surface area contributed by atoms with Gasteiger partial charge in [0.2, 0.25) is 0 Å². The molecule has 2 aliphatic heterocycles. The number of pyridine rings is 1. The van der Waals surface area contributed by atoms with Gasteiger partial charge in [-0.2, -0.15) is 0 Å². The first kappa shape index (κ1) is 25.2. The Bertz CT molecular complexity index is 1280. The van der Waals surface area contributed by atoms with Crippen LogP contribution in [0.25, 0.3) is 10.9 Å². The number of likely N-dealkylation sites (tertiary alicyclic amines) is 2. The number of aromatic nitrogens is 1. The molecule has 3 aliphatic rings. The Balaban J connectivity index is 1.11. The van der Waals surface area contributed by atoms with Crippen molar-refractivity contribution in [1.29, 1.82) is 0 Å². The second kappa shape index (κ2) is 10.6. The number of fused-ring (bicyclic) bond motifs is 1. The van der Waals surface area contributed by atoms with E-state index in [1.54, 1.807) is 6.20 Å². The maximum Gasteiger partial charge on any atom is 0.254 e. The molecule has 2 saturated heterocycles. The molecule has 1 amide bonds. The highest BCUT2D eigenvalue weighted by molar-refractivity contribution is 6.42. The molecule has 1 spiro atoms. The first-order valence-corrected chi connectivity index (χ1v) is 14.6. The van der Waals surface area contributed by atoms with Crippen LogP contribution in [0.5, 0.6) is 0 Å². The number of amides is 1. The molecule has 1 unspecified atom stereocenters. The molecule has 3 aromatic rings. The fraction of sp³-hybridized carbons (Fsp3) is 0.484. The van der Waals surface area contributed by atoms with Gasteiger partial charge in [0.1, 0.15) is 0 Å². The molecular formula is C31H35Cl2N3O. The van der Waals surface area contributed by atoms with Crippen molar-refractivity contribution >= 4 is 40.0 Å². The van der Waals surface area contributed by atoms with Gasteiger partial charge in [-0.3, -0.25) is 14.7 Å². The number of piperidine rings is 2. The number of halogens is 2. The first-order chi connectivity index (χ1) is 18.0. The molecule has 1 atom stereocenters. The van der Waals surface area contributed by atoms with Crippen molar-refractivity contribution in [3.63, 3.8) is 0 Å². The number of hydrogen-bond acceptors (Lipinski definition) is 3. The third-order valence-electron chi connectivity index (χ3n) is 9.36. The van der Waals surface area contributed by atoms with Gasteiger partial charge in [0, 0.05) is 37.3 Å². The van der Waals surface area contributed by atoms with Crippen LogP contribution in [-0.2, 0) is 6.42 Å². The van der Waals surface area contributed by atoms with E-state index in [-0.39, 0.29) is 5.91 Å². The number of para-hydroxylation sites is 1. The summed E-state index contributed by atoms with van der Waals surface area (Å²) in [5.41, 5.74) is 3.38. The van der Waals surface area contributed by atoms with Gasteiger partial charge in [0.15, 0.2) is 0 Å². The Morgan fingerprint density at radius 1 is 0.946 bits per heavy atom. The van der Waals surface area contributed by atoms with Crippen LogP contribution in [-0.4, -0.2) is 52.9 Å². The topological polar surface area (TPSA) is 36.4 Å². The van der Waals surface area contributed by atoms with Gasteiger partial charge in [-0.15, -0.1) is 0 Å². The molecule has 3 heterocycles. The van der Waals surface area contributed by atoms with E-state index in [9.17, 15) is 4.79 Å². The lowest BCUT2D eigenvalue weighted by Crippen LogP contribution is -2.54. The molecule has 1 aromatic heterocycles. The summed E-state index contributed by atoms with van der Waals surface area (Å²) in [5.74, 6) is 0.842. The van der Waals surface area contributed by atoms with Crippen LogP contribution in [0.2, 0.25) is 10.0 Å². The van der Waals surface area contributed by atoms with Crippen LogP contribution >= 0.6 is 23.2 Å². The van der Waals surface area contributed by atoms with Crippen molar-refractivity contribution in [2.45, 2.75) is 57.4 Å². The first-order valence-electron chi connectivity index (χ1n) is 13.8. The van der Waals surface area contributed by atoms with E-state index < -0.39 is 0 Å².